The molecule has 0 atom stereocenters. The van der Waals surface area contributed by atoms with Crippen molar-refractivity contribution in [3.63, 3.8) is 0 Å². The van der Waals surface area contributed by atoms with E-state index >= 15 is 0 Å². The van der Waals surface area contributed by atoms with Crippen molar-refractivity contribution < 1.29 is 72.7 Å². The summed E-state index contributed by atoms with van der Waals surface area (Å²) in [5, 5.41) is 0. The fourth-order valence-corrected chi connectivity index (χ4v) is 8.64. The van der Waals surface area contributed by atoms with Crippen LogP contribution in [0.5, 0.6) is 0 Å². The van der Waals surface area contributed by atoms with Crippen LogP contribution in [0, 0.1) is 63.9 Å². The molecule has 16 heteroatoms. The number of pyridine rings is 6. The van der Waals surface area contributed by atoms with Gasteiger partial charge in [-0.2, -0.15) is 0 Å². The number of aryl methyl sites for hydroxylation is 4. The van der Waals surface area contributed by atoms with E-state index in [9.17, 15) is 0 Å². The zero-order valence-corrected chi connectivity index (χ0v) is 58.8. The molecule has 3 radical (unpaired) electrons. The van der Waals surface area contributed by atoms with Crippen molar-refractivity contribution in [2.45, 2.75) is 27.5 Å². The summed E-state index contributed by atoms with van der Waals surface area (Å²) in [6.45, 7) is -4.39. The smallest absolute Gasteiger partial charge is 0.161 e. The number of rotatable bonds is 9. The maximum absolute atomic E-state index is 7.23. The third-order valence-electron chi connectivity index (χ3n) is 13.2. The standard InChI is InChI=1S/C16H12N3.C15H10N3.C14H9N4.3C12H10N.3Ir/c1-12-17-10-8-15(19-12)14-7-9-18-16(11-14)13-5-3-2-4-6-13;1-2-4-12(5-3-1)15-8-13(6-7-18-15)14-9-16-11-17-10-14;1-2-4-11(5-3-1)13-8-12(6-7-16-13)14-17-9-15-10-18-14;3*1-10-7-8-12(13-9-10)11-5-3-2-4-6-11;;;/h2-5,7-11H,1H3;1-4,6-11H;1-4,6-10H;3*2-5,7-9H,1H3;;;/q6*-1;;;/i;;;3*1D3;;;. The summed E-state index contributed by atoms with van der Waals surface area (Å²) < 4.78 is 65.1. The van der Waals surface area contributed by atoms with Crippen LogP contribution in [0.15, 0.2) is 299 Å². The Bertz CT molecular complexity index is 4580. The van der Waals surface area contributed by atoms with Gasteiger partial charge in [0.15, 0.2) is 5.82 Å². The average molecular weight is 1800 g/mol. The zero-order valence-electron chi connectivity index (χ0n) is 60.6. The molecule has 0 spiro atoms. The average Bonchev–Trinajstić information content (AvgIpc) is 0.874. The Labute approximate surface area is 620 Å². The van der Waals surface area contributed by atoms with Crippen LogP contribution in [-0.2, 0) is 60.3 Å². The van der Waals surface area contributed by atoms with Crippen molar-refractivity contribution in [1.82, 2.24) is 64.8 Å². The summed E-state index contributed by atoms with van der Waals surface area (Å²) in [5.74, 6) is 1.41. The van der Waals surface area contributed by atoms with Crippen molar-refractivity contribution in [2.75, 3.05) is 0 Å². The molecule has 9 aromatic heterocycles. The van der Waals surface area contributed by atoms with Gasteiger partial charge in [-0.1, -0.05) is 54.6 Å². The van der Waals surface area contributed by atoms with Gasteiger partial charge in [0.25, 0.3) is 0 Å². The van der Waals surface area contributed by atoms with Gasteiger partial charge >= 0.3 is 0 Å². The van der Waals surface area contributed by atoms with Crippen LogP contribution >= 0.6 is 0 Å². The van der Waals surface area contributed by atoms with Crippen LogP contribution in [0.1, 0.15) is 34.9 Å². The van der Waals surface area contributed by atoms with Gasteiger partial charge in [-0.25, -0.2) is 34.9 Å². The van der Waals surface area contributed by atoms with E-state index in [1.54, 1.807) is 91.8 Å². The molecular formula is C81H61Ir3N13-6. The maximum atomic E-state index is 7.23. The first kappa shape index (κ1) is 61.2. The predicted molar refractivity (Wildman–Crippen MR) is 371 cm³/mol. The summed E-state index contributed by atoms with van der Waals surface area (Å²) in [7, 11) is 0. The van der Waals surface area contributed by atoms with Gasteiger partial charge < -0.3 is 29.9 Å². The Morgan fingerprint density at radius 2 is 0.629 bits per heavy atom. The van der Waals surface area contributed by atoms with Gasteiger partial charge in [-0.15, -0.1) is 215 Å². The zero-order chi connectivity index (χ0) is 72.3. The molecule has 6 aromatic carbocycles. The van der Waals surface area contributed by atoms with E-state index in [1.165, 1.54) is 37.6 Å². The Hall–Kier alpha value is -10.7. The van der Waals surface area contributed by atoms with Crippen LogP contribution in [0.2, 0.25) is 0 Å². The number of benzene rings is 6. The third-order valence-corrected chi connectivity index (χ3v) is 13.2. The largest absolute Gasteiger partial charge is 0.305 e. The van der Waals surface area contributed by atoms with Gasteiger partial charge in [0, 0.05) is 140 Å². The minimum atomic E-state index is -2.09. The van der Waals surface area contributed by atoms with Gasteiger partial charge in [0.1, 0.15) is 24.8 Å². The van der Waals surface area contributed by atoms with Crippen LogP contribution in [0.3, 0.4) is 0 Å². The quantitative estimate of drug-likeness (QED) is 0.125. The second kappa shape index (κ2) is 39.9. The van der Waals surface area contributed by atoms with E-state index in [0.29, 0.717) is 5.82 Å². The van der Waals surface area contributed by atoms with E-state index in [1.807, 2.05) is 177 Å². The van der Waals surface area contributed by atoms with E-state index < -0.39 is 20.6 Å². The monoisotopic (exact) mass is 1800 g/mol. The van der Waals surface area contributed by atoms with E-state index in [2.05, 4.69) is 101 Å². The molecule has 15 rings (SSSR count). The molecule has 0 aliphatic rings. The summed E-state index contributed by atoms with van der Waals surface area (Å²) in [6.07, 6.45) is 19.4. The minimum Gasteiger partial charge on any atom is -0.305 e. The van der Waals surface area contributed by atoms with E-state index in [-0.39, 0.29) is 77.0 Å². The molecule has 0 fully saturated rings. The molecule has 0 bridgehead atoms. The van der Waals surface area contributed by atoms with Gasteiger partial charge in [0.05, 0.1) is 5.69 Å². The maximum Gasteiger partial charge on any atom is 0.161 e. The molecule has 0 aliphatic heterocycles. The van der Waals surface area contributed by atoms with Crippen molar-refractivity contribution in [3.05, 3.63) is 358 Å². The second-order valence-electron chi connectivity index (χ2n) is 19.8. The van der Waals surface area contributed by atoms with Crippen LogP contribution in [-0.4, -0.2) is 64.8 Å². The summed E-state index contributed by atoms with van der Waals surface area (Å²) in [5.41, 5.74) is 16.0. The first-order valence-electron chi connectivity index (χ1n) is 33.7. The normalized spacial score (nSPS) is 11.6. The molecule has 0 unspecified atom stereocenters. The van der Waals surface area contributed by atoms with Crippen LogP contribution in [0.25, 0.3) is 101 Å². The van der Waals surface area contributed by atoms with Crippen molar-refractivity contribution in [1.29, 1.82) is 0 Å². The molecule has 0 saturated carbocycles. The molecule has 0 amide bonds. The predicted octanol–water partition coefficient (Wildman–Crippen LogP) is 17.3. The molecule has 0 saturated heterocycles. The molecule has 483 valence electrons. The molecule has 0 aliphatic carbocycles. The minimum absolute atomic E-state index is 0. The first-order valence-corrected chi connectivity index (χ1v) is 29.2. The Kier molecular flexibility index (Phi) is 25.2. The number of hydrogen-bond donors (Lipinski definition) is 0. The topological polar surface area (TPSA) is 168 Å². The first-order chi connectivity index (χ1) is 49.9. The number of aromatic nitrogens is 13. The van der Waals surface area contributed by atoms with Crippen molar-refractivity contribution in [3.8, 4) is 101 Å². The molecule has 13 nitrogen and oxygen atoms in total. The van der Waals surface area contributed by atoms with E-state index in [4.69, 9.17) is 12.3 Å². The molecule has 0 N–H and O–H groups in total. The van der Waals surface area contributed by atoms with Crippen LogP contribution < -0.4 is 0 Å². The molecule has 97 heavy (non-hydrogen) atoms. The summed E-state index contributed by atoms with van der Waals surface area (Å²) in [4.78, 5) is 54.1. The van der Waals surface area contributed by atoms with Gasteiger partial charge in [-0.3, -0.25) is 0 Å². The Balaban J connectivity index is 0.000000177. The summed E-state index contributed by atoms with van der Waals surface area (Å²) in [6, 6.07) is 87.8. The number of hydrogen-bond acceptors (Lipinski definition) is 13. The van der Waals surface area contributed by atoms with Crippen molar-refractivity contribution in [2.24, 2.45) is 0 Å². The fourth-order valence-electron chi connectivity index (χ4n) is 8.64. The molecule has 9 heterocycles. The van der Waals surface area contributed by atoms with E-state index in [0.717, 1.165) is 101 Å². The fraction of sp³-hybridized carbons (Fsp3) is 0.0494. The Morgan fingerprint density at radius 3 is 0.979 bits per heavy atom. The number of nitrogens with zero attached hydrogens (tertiary/aromatic N) is 13. The van der Waals surface area contributed by atoms with Gasteiger partial charge in [0.2, 0.25) is 0 Å². The van der Waals surface area contributed by atoms with Crippen LogP contribution in [0.4, 0.5) is 0 Å². The Morgan fingerprint density at radius 1 is 0.278 bits per heavy atom. The van der Waals surface area contributed by atoms with Gasteiger partial charge in [-0.05, 0) is 114 Å². The second-order valence-corrected chi connectivity index (χ2v) is 19.8. The third kappa shape index (κ3) is 23.3. The summed E-state index contributed by atoms with van der Waals surface area (Å²) >= 11 is 0. The molecule has 15 aromatic rings. The van der Waals surface area contributed by atoms with Crippen molar-refractivity contribution >= 4 is 0 Å². The molecular weight excluding hydrogens is 1730 g/mol. The SMILES string of the molecule is Cc1nccc(-c2ccnc(-c3[c-]cccc3)c2)n1.[2H]C([2H])([2H])c1ccc(-c2[c-]cccc2)nc1.[2H]C([2H])([2H])c1ccc(-c2[c-]cccc2)nc1.[2H]C([2H])([2H])c1ccc(-c2[c-]cccc2)nc1.[Ir].[Ir].[Ir].[c-]1ccccc1-c1cc(-c2cncnc2)ccn1.[c-]1ccccc1-c1cc(-c2ncncn2)ccn1.